The zero-order chi connectivity index (χ0) is 15.8. The van der Waals surface area contributed by atoms with Crippen LogP contribution in [0, 0.1) is 5.92 Å². The van der Waals surface area contributed by atoms with E-state index in [0.29, 0.717) is 17.1 Å². The van der Waals surface area contributed by atoms with Gasteiger partial charge in [-0.2, -0.15) is 0 Å². The SMILES string of the molecule is CC(=O)CCCCCc1cccc(NC(=O)C(C)C)c1Cl. The first kappa shape index (κ1) is 17.7. The second-order valence-corrected chi connectivity index (χ2v) is 6.06. The molecule has 0 saturated carbocycles. The van der Waals surface area contributed by atoms with E-state index < -0.39 is 0 Å². The molecule has 4 heteroatoms. The molecule has 0 atom stereocenters. The first-order chi connectivity index (χ1) is 9.91. The monoisotopic (exact) mass is 309 g/mol. The molecule has 0 heterocycles. The number of carbonyl (C=O) groups excluding carboxylic acids is 2. The van der Waals surface area contributed by atoms with Crippen molar-refractivity contribution in [1.29, 1.82) is 0 Å². The van der Waals surface area contributed by atoms with E-state index in [1.165, 1.54) is 0 Å². The first-order valence-electron chi connectivity index (χ1n) is 7.49. The highest BCUT2D eigenvalue weighted by Gasteiger charge is 2.11. The van der Waals surface area contributed by atoms with Crippen molar-refractivity contribution < 1.29 is 9.59 Å². The minimum absolute atomic E-state index is 0.0319. The molecule has 0 aliphatic carbocycles. The van der Waals surface area contributed by atoms with E-state index in [1.807, 2.05) is 32.0 Å². The number of nitrogens with one attached hydrogen (secondary N) is 1. The van der Waals surface area contributed by atoms with Gasteiger partial charge in [-0.3, -0.25) is 4.79 Å². The predicted octanol–water partition coefficient (Wildman–Crippen LogP) is 4.63. The van der Waals surface area contributed by atoms with Crippen LogP contribution in [0.15, 0.2) is 18.2 Å². The second kappa shape index (κ2) is 8.83. The third-order valence-corrected chi connectivity index (χ3v) is 3.78. The molecule has 0 aromatic heterocycles. The summed E-state index contributed by atoms with van der Waals surface area (Å²) in [6.07, 6.45) is 4.45. The molecule has 0 aliphatic heterocycles. The Hall–Kier alpha value is -1.35. The maximum atomic E-state index is 11.7. The highest BCUT2D eigenvalue weighted by molar-refractivity contribution is 6.34. The first-order valence-corrected chi connectivity index (χ1v) is 7.87. The molecule has 0 bridgehead atoms. The third-order valence-electron chi connectivity index (χ3n) is 3.34. The number of halogens is 1. The number of aryl methyl sites for hydroxylation is 1. The zero-order valence-electron chi connectivity index (χ0n) is 13.0. The molecular formula is C17H24ClNO2. The van der Waals surface area contributed by atoms with Crippen LogP contribution < -0.4 is 5.32 Å². The summed E-state index contributed by atoms with van der Waals surface area (Å²) in [5.74, 6) is 0.137. The number of ketones is 1. The van der Waals surface area contributed by atoms with E-state index in [2.05, 4.69) is 5.32 Å². The average Bonchev–Trinajstić information content (AvgIpc) is 2.41. The van der Waals surface area contributed by atoms with Crippen molar-refractivity contribution in [1.82, 2.24) is 0 Å². The summed E-state index contributed by atoms with van der Waals surface area (Å²) < 4.78 is 0. The molecule has 1 amide bonds. The lowest BCUT2D eigenvalue weighted by atomic mass is 10.0. The largest absolute Gasteiger partial charge is 0.325 e. The van der Waals surface area contributed by atoms with E-state index in [1.54, 1.807) is 6.92 Å². The summed E-state index contributed by atoms with van der Waals surface area (Å²) in [6, 6.07) is 5.72. The van der Waals surface area contributed by atoms with Gasteiger partial charge in [0.05, 0.1) is 10.7 Å². The molecular weight excluding hydrogens is 286 g/mol. The summed E-state index contributed by atoms with van der Waals surface area (Å²) >= 11 is 6.35. The number of Topliss-reactive ketones (excluding diaryl/α,β-unsaturated/α-hetero) is 1. The number of unbranched alkanes of at least 4 members (excludes halogenated alkanes) is 2. The highest BCUT2D eigenvalue weighted by Crippen LogP contribution is 2.27. The van der Waals surface area contributed by atoms with Crippen LogP contribution in [-0.2, 0) is 16.0 Å². The van der Waals surface area contributed by atoms with Gasteiger partial charge in [-0.05, 0) is 37.8 Å². The maximum Gasteiger partial charge on any atom is 0.226 e. The van der Waals surface area contributed by atoms with Gasteiger partial charge in [-0.25, -0.2) is 0 Å². The molecule has 1 aromatic carbocycles. The molecule has 0 unspecified atom stereocenters. The summed E-state index contributed by atoms with van der Waals surface area (Å²) in [5, 5.41) is 3.47. The van der Waals surface area contributed by atoms with Crippen molar-refractivity contribution in [3.05, 3.63) is 28.8 Å². The Morgan fingerprint density at radius 1 is 1.19 bits per heavy atom. The summed E-state index contributed by atoms with van der Waals surface area (Å²) in [4.78, 5) is 22.6. The predicted molar refractivity (Wildman–Crippen MR) is 87.8 cm³/mol. The number of rotatable bonds is 8. The highest BCUT2D eigenvalue weighted by atomic mass is 35.5. The smallest absolute Gasteiger partial charge is 0.226 e. The Morgan fingerprint density at radius 3 is 2.52 bits per heavy atom. The van der Waals surface area contributed by atoms with Crippen LogP contribution in [0.2, 0.25) is 5.02 Å². The fourth-order valence-electron chi connectivity index (χ4n) is 2.01. The van der Waals surface area contributed by atoms with E-state index in [9.17, 15) is 9.59 Å². The van der Waals surface area contributed by atoms with Gasteiger partial charge in [0.1, 0.15) is 5.78 Å². The normalized spacial score (nSPS) is 10.7. The molecule has 0 aliphatic rings. The van der Waals surface area contributed by atoms with E-state index in [4.69, 9.17) is 11.6 Å². The van der Waals surface area contributed by atoms with Crippen LogP contribution in [0.5, 0.6) is 0 Å². The third kappa shape index (κ3) is 6.30. The van der Waals surface area contributed by atoms with E-state index in [-0.39, 0.29) is 17.6 Å². The Labute approximate surface area is 132 Å². The van der Waals surface area contributed by atoms with E-state index in [0.717, 1.165) is 31.2 Å². The maximum absolute atomic E-state index is 11.7. The quantitative estimate of drug-likeness (QED) is 0.712. The average molecular weight is 310 g/mol. The molecule has 1 aromatic rings. The van der Waals surface area contributed by atoms with Crippen molar-refractivity contribution >= 4 is 29.0 Å². The number of anilines is 1. The van der Waals surface area contributed by atoms with Gasteiger partial charge >= 0.3 is 0 Å². The molecule has 1 N–H and O–H groups in total. The lowest BCUT2D eigenvalue weighted by Gasteiger charge is -2.12. The fourth-order valence-corrected chi connectivity index (χ4v) is 2.28. The molecule has 21 heavy (non-hydrogen) atoms. The van der Waals surface area contributed by atoms with Gasteiger partial charge in [-0.15, -0.1) is 0 Å². The molecule has 116 valence electrons. The van der Waals surface area contributed by atoms with Gasteiger partial charge in [0.2, 0.25) is 5.91 Å². The summed E-state index contributed by atoms with van der Waals surface area (Å²) in [7, 11) is 0. The molecule has 0 fully saturated rings. The number of benzene rings is 1. The lowest BCUT2D eigenvalue weighted by Crippen LogP contribution is -2.18. The number of hydrogen-bond donors (Lipinski definition) is 1. The van der Waals surface area contributed by atoms with Crippen LogP contribution >= 0.6 is 11.6 Å². The molecule has 0 radical (unpaired) electrons. The second-order valence-electron chi connectivity index (χ2n) is 5.69. The van der Waals surface area contributed by atoms with Crippen LogP contribution in [-0.4, -0.2) is 11.7 Å². The van der Waals surface area contributed by atoms with Gasteiger partial charge < -0.3 is 10.1 Å². The van der Waals surface area contributed by atoms with Crippen molar-refractivity contribution in [2.24, 2.45) is 5.92 Å². The van der Waals surface area contributed by atoms with Gasteiger partial charge in [-0.1, -0.05) is 44.0 Å². The van der Waals surface area contributed by atoms with Crippen LogP contribution in [0.3, 0.4) is 0 Å². The Balaban J connectivity index is 2.55. The Bertz CT molecular complexity index is 498. The molecule has 3 nitrogen and oxygen atoms in total. The molecule has 0 spiro atoms. The van der Waals surface area contributed by atoms with Crippen molar-refractivity contribution in [2.45, 2.75) is 52.9 Å². The standard InChI is InChI=1S/C17H24ClNO2/c1-12(2)17(21)19-15-11-7-10-14(16(15)18)9-6-4-5-8-13(3)20/h7,10-12H,4-6,8-9H2,1-3H3,(H,19,21). The van der Waals surface area contributed by atoms with Gasteiger partial charge in [0.15, 0.2) is 0 Å². The van der Waals surface area contributed by atoms with Crippen LogP contribution in [0.1, 0.15) is 52.0 Å². The van der Waals surface area contributed by atoms with Gasteiger partial charge in [0.25, 0.3) is 0 Å². The lowest BCUT2D eigenvalue weighted by molar-refractivity contribution is -0.119. The van der Waals surface area contributed by atoms with Crippen molar-refractivity contribution in [3.8, 4) is 0 Å². The summed E-state index contributed by atoms with van der Waals surface area (Å²) in [5.41, 5.74) is 1.72. The number of carbonyl (C=O) groups is 2. The van der Waals surface area contributed by atoms with Crippen LogP contribution in [0.25, 0.3) is 0 Å². The van der Waals surface area contributed by atoms with Gasteiger partial charge in [0, 0.05) is 12.3 Å². The van der Waals surface area contributed by atoms with Crippen molar-refractivity contribution in [3.63, 3.8) is 0 Å². The summed E-state index contributed by atoms with van der Waals surface area (Å²) in [6.45, 7) is 5.32. The van der Waals surface area contributed by atoms with E-state index >= 15 is 0 Å². The van der Waals surface area contributed by atoms with Crippen LogP contribution in [0.4, 0.5) is 5.69 Å². The fraction of sp³-hybridized carbons (Fsp3) is 0.529. The minimum Gasteiger partial charge on any atom is -0.325 e. The Kier molecular flexibility index (Phi) is 7.44. The molecule has 0 saturated heterocycles. The number of hydrogen-bond acceptors (Lipinski definition) is 2. The number of amides is 1. The topological polar surface area (TPSA) is 46.2 Å². The zero-order valence-corrected chi connectivity index (χ0v) is 13.8. The Morgan fingerprint density at radius 2 is 1.90 bits per heavy atom. The molecule has 1 rings (SSSR count). The minimum atomic E-state index is -0.0729. The van der Waals surface area contributed by atoms with Crippen molar-refractivity contribution in [2.75, 3.05) is 5.32 Å².